The van der Waals surface area contributed by atoms with Crippen LogP contribution < -0.4 is 24.8 Å². The standard InChI is InChI=1S/C4H9.2ClH.Hf.HN/c1-4(2)3;;;;/h1-3H3;2*1H;;1H/q-1;;;+2;/p-2. The van der Waals surface area contributed by atoms with Crippen molar-refractivity contribution in [3.05, 3.63) is 5.92 Å². The predicted molar refractivity (Wildman–Crippen MR) is 23.0 cm³/mol. The predicted octanol–water partition coefficient (Wildman–Crippen LogP) is -4.08. The zero-order valence-electron chi connectivity index (χ0n) is 5.26. The Kier molecular flexibility index (Phi) is 68.5. The summed E-state index contributed by atoms with van der Waals surface area (Å²) in [7, 11) is 0. The second kappa shape index (κ2) is 24.0. The summed E-state index contributed by atoms with van der Waals surface area (Å²) in [4.78, 5) is 0. The van der Waals surface area contributed by atoms with Gasteiger partial charge in [-0.2, -0.15) is 20.8 Å². The summed E-state index contributed by atoms with van der Waals surface area (Å²) in [5.74, 6) is 1.42. The van der Waals surface area contributed by atoms with Crippen molar-refractivity contribution in [1.29, 1.82) is 3.33 Å². The van der Waals surface area contributed by atoms with Crippen molar-refractivity contribution in [2.45, 2.75) is 20.8 Å². The van der Waals surface area contributed by atoms with Crippen molar-refractivity contribution in [1.82, 2.24) is 0 Å². The summed E-state index contributed by atoms with van der Waals surface area (Å²) < 4.78 is 5.89. The Labute approximate surface area is 78.7 Å². The van der Waals surface area contributed by atoms with Gasteiger partial charge in [-0.15, -0.1) is 0 Å². The third-order valence-electron chi connectivity index (χ3n) is 0. The summed E-state index contributed by atoms with van der Waals surface area (Å²) in [6.45, 7) is 6.25. The molecule has 0 aromatic rings. The third-order valence-corrected chi connectivity index (χ3v) is 0. The van der Waals surface area contributed by atoms with E-state index in [1.807, 2.05) is 0 Å². The van der Waals surface area contributed by atoms with Gasteiger partial charge in [-0.3, -0.25) is 0 Å². The maximum absolute atomic E-state index is 5.89. The first-order valence-corrected chi connectivity index (χ1v) is 3.55. The summed E-state index contributed by atoms with van der Waals surface area (Å²) >= 11 is 0.556. The number of hydrogen-bond acceptors (Lipinski definition) is 1. The van der Waals surface area contributed by atoms with Crippen LogP contribution in [0.2, 0.25) is 0 Å². The molecule has 0 unspecified atom stereocenters. The maximum atomic E-state index is 5.89. The molecule has 0 saturated carbocycles. The minimum absolute atomic E-state index is 0. The van der Waals surface area contributed by atoms with E-state index < -0.39 is 0 Å². The van der Waals surface area contributed by atoms with Crippen molar-refractivity contribution in [3.63, 3.8) is 0 Å². The fourth-order valence-corrected chi connectivity index (χ4v) is 0. The van der Waals surface area contributed by atoms with E-state index >= 15 is 0 Å². The van der Waals surface area contributed by atoms with Crippen LogP contribution in [0.15, 0.2) is 0 Å². The Morgan fingerprint density at radius 3 is 1.00 bits per heavy atom. The van der Waals surface area contributed by atoms with E-state index in [1.165, 1.54) is 5.92 Å². The van der Waals surface area contributed by atoms with Gasteiger partial charge >= 0.3 is 27.5 Å². The van der Waals surface area contributed by atoms with Gasteiger partial charge < -0.3 is 30.7 Å². The molecule has 4 heteroatoms. The number of nitrogens with one attached hydrogen (secondary N) is 1. The molecule has 0 aromatic carbocycles. The van der Waals surface area contributed by atoms with E-state index in [1.54, 1.807) is 0 Å². The molecule has 0 atom stereocenters. The summed E-state index contributed by atoms with van der Waals surface area (Å²) in [5, 5.41) is 0. The molecule has 0 fully saturated rings. The molecule has 0 spiro atoms. The van der Waals surface area contributed by atoms with Crippen LogP contribution in [-0.2, 0) is 24.2 Å². The van der Waals surface area contributed by atoms with Gasteiger partial charge in [-0.1, -0.05) is 0 Å². The second-order valence-electron chi connectivity index (χ2n) is 1.50. The van der Waals surface area contributed by atoms with Crippen LogP contribution in [0.1, 0.15) is 20.8 Å². The van der Waals surface area contributed by atoms with Gasteiger partial charge in [0.05, 0.1) is 0 Å². The van der Waals surface area contributed by atoms with Gasteiger partial charge in [-0.05, 0) is 0 Å². The van der Waals surface area contributed by atoms with E-state index in [0.717, 1.165) is 0 Å². The topological polar surface area (TPSA) is 23.9 Å². The summed E-state index contributed by atoms with van der Waals surface area (Å²) in [5.41, 5.74) is 0. The number of hydrogen-bond donors (Lipinski definition) is 1. The Bertz CT molecular complexity index is 25.2. The minimum atomic E-state index is 0. The summed E-state index contributed by atoms with van der Waals surface area (Å²) in [6.07, 6.45) is 0. The Balaban J connectivity index is -0.0000000183. The van der Waals surface area contributed by atoms with Crippen LogP contribution in [0.4, 0.5) is 0 Å². The van der Waals surface area contributed by atoms with Gasteiger partial charge in [-0.25, -0.2) is 0 Å². The van der Waals surface area contributed by atoms with Crippen LogP contribution in [0, 0.1) is 9.25 Å². The van der Waals surface area contributed by atoms with Crippen LogP contribution in [0.5, 0.6) is 0 Å². The molecule has 0 amide bonds. The van der Waals surface area contributed by atoms with Gasteiger partial charge in [0.15, 0.2) is 0 Å². The molecule has 0 radical (unpaired) electrons. The molecule has 0 aromatic heterocycles. The van der Waals surface area contributed by atoms with Crippen molar-refractivity contribution < 1.29 is 49.0 Å². The fraction of sp³-hybridized carbons (Fsp3) is 0.750. The van der Waals surface area contributed by atoms with Crippen LogP contribution in [-0.4, -0.2) is 0 Å². The average molecular weight is 322 g/mol. The molecule has 50 valence electrons. The molecule has 0 aliphatic rings. The summed E-state index contributed by atoms with van der Waals surface area (Å²) in [6, 6.07) is 0. The fourth-order valence-electron chi connectivity index (χ4n) is 0. The number of halogens is 2. The van der Waals surface area contributed by atoms with Crippen LogP contribution in [0.3, 0.4) is 0 Å². The average Bonchev–Trinajstić information content (AvgIpc) is 1.41. The molecule has 0 heterocycles. The third kappa shape index (κ3) is 181. The van der Waals surface area contributed by atoms with Crippen molar-refractivity contribution in [2.75, 3.05) is 0 Å². The van der Waals surface area contributed by atoms with Gasteiger partial charge in [0.2, 0.25) is 0 Å². The zero-order valence-corrected chi connectivity index (χ0v) is 10.4. The van der Waals surface area contributed by atoms with E-state index in [2.05, 4.69) is 20.8 Å². The van der Waals surface area contributed by atoms with Crippen LogP contribution in [0.25, 0.3) is 0 Å². The van der Waals surface area contributed by atoms with Gasteiger partial charge in [0, 0.05) is 0 Å². The van der Waals surface area contributed by atoms with Crippen LogP contribution >= 0.6 is 0 Å². The Morgan fingerprint density at radius 2 is 1.00 bits per heavy atom. The molecule has 0 aliphatic carbocycles. The quantitative estimate of drug-likeness (QED) is 0.347. The van der Waals surface area contributed by atoms with E-state index in [-0.39, 0.29) is 24.8 Å². The van der Waals surface area contributed by atoms with Gasteiger partial charge in [0.1, 0.15) is 0 Å². The second-order valence-corrected chi connectivity index (χ2v) is 1.50. The first-order chi connectivity index (χ1) is 2.73. The number of rotatable bonds is 0. The normalized spacial score (nSPS) is 5.25. The van der Waals surface area contributed by atoms with E-state index in [4.69, 9.17) is 3.33 Å². The van der Waals surface area contributed by atoms with E-state index in [9.17, 15) is 0 Å². The zero-order chi connectivity index (χ0) is 5.58. The Hall–Kier alpha value is 1.25. The molecule has 8 heavy (non-hydrogen) atoms. The van der Waals surface area contributed by atoms with Crippen molar-refractivity contribution in [2.24, 2.45) is 0 Å². The van der Waals surface area contributed by atoms with Crippen molar-refractivity contribution >= 4 is 0 Å². The molecule has 0 saturated heterocycles. The van der Waals surface area contributed by atoms with Crippen molar-refractivity contribution in [3.8, 4) is 0 Å². The first kappa shape index (κ1) is 22.8. The Morgan fingerprint density at radius 1 is 1.00 bits per heavy atom. The molecule has 0 bridgehead atoms. The monoisotopic (exact) mass is 322 g/mol. The SMILES string of the molecule is C[C-](C)C.[Cl-].[Cl-].[NH]=[Hf+2]. The molecule has 1 nitrogen and oxygen atoms in total. The molecule has 0 aliphatic heterocycles. The molecule has 0 rings (SSSR count). The molecular formula is C4H10Cl2HfN-. The van der Waals surface area contributed by atoms with E-state index in [0.29, 0.717) is 24.2 Å². The molecular weight excluding hydrogens is 311 g/mol. The molecule has 1 N–H and O–H groups in total. The first-order valence-electron chi connectivity index (χ1n) is 1.75. The van der Waals surface area contributed by atoms with Gasteiger partial charge in [0.25, 0.3) is 0 Å².